The van der Waals surface area contributed by atoms with Crippen LogP contribution in [0.25, 0.3) is 39.1 Å². The number of nitrogens with zero attached hydrogens (tertiary/aromatic N) is 3. The van der Waals surface area contributed by atoms with Crippen LogP contribution in [0.15, 0.2) is 139 Å². The van der Waals surface area contributed by atoms with Gasteiger partial charge in [0.05, 0.1) is 31.4 Å². The summed E-state index contributed by atoms with van der Waals surface area (Å²) in [6, 6.07) is 43.3. The predicted molar refractivity (Wildman–Crippen MR) is 285 cm³/mol. The molecule has 2 unspecified atom stereocenters. The van der Waals surface area contributed by atoms with Gasteiger partial charge in [-0.1, -0.05) is 210 Å². The van der Waals surface area contributed by atoms with E-state index in [4.69, 9.17) is 9.98 Å². The molecule has 8 rings (SSSR count). The maximum absolute atomic E-state index is 12.6. The maximum Gasteiger partial charge on any atom is 0.139 e. The molecule has 2 aliphatic rings. The van der Waals surface area contributed by atoms with Crippen LogP contribution in [-0.4, -0.2) is 36.1 Å². The number of benzene rings is 5. The minimum atomic E-state index is -1.63. The van der Waals surface area contributed by atoms with Gasteiger partial charge in [0, 0.05) is 44.1 Å². The van der Waals surface area contributed by atoms with E-state index in [1.54, 1.807) is 0 Å². The number of aliphatic imine (C=N–C) groups is 1. The van der Waals surface area contributed by atoms with Crippen molar-refractivity contribution in [2.24, 2.45) is 4.99 Å². The van der Waals surface area contributed by atoms with E-state index in [2.05, 4.69) is 241 Å². The van der Waals surface area contributed by atoms with Crippen molar-refractivity contribution in [2.75, 3.05) is 4.90 Å². The van der Waals surface area contributed by atoms with E-state index in [0.717, 1.165) is 61.7 Å². The van der Waals surface area contributed by atoms with Crippen molar-refractivity contribution in [2.45, 2.75) is 136 Å². The van der Waals surface area contributed by atoms with Crippen molar-refractivity contribution >= 4 is 30.4 Å². The molecule has 2 atom stereocenters. The molecule has 0 saturated heterocycles. The van der Waals surface area contributed by atoms with Crippen LogP contribution in [0.1, 0.15) is 116 Å². The van der Waals surface area contributed by atoms with Crippen LogP contribution in [0, 0.1) is 6.07 Å². The second-order valence-corrected chi connectivity index (χ2v) is 28.7. The number of aromatic hydroxyl groups is 1. The third kappa shape index (κ3) is 10.1. The van der Waals surface area contributed by atoms with Gasteiger partial charge in [-0.2, -0.15) is 0 Å². The first-order valence-electron chi connectivity index (χ1n) is 23.8. The van der Waals surface area contributed by atoms with Gasteiger partial charge in [0.15, 0.2) is 0 Å². The van der Waals surface area contributed by atoms with Gasteiger partial charge < -0.3 is 10.0 Å². The van der Waals surface area contributed by atoms with Gasteiger partial charge >= 0.3 is 0 Å². The number of allylic oxidation sites excluding steroid dienone is 2. The van der Waals surface area contributed by atoms with Crippen molar-refractivity contribution < 1.29 is 26.2 Å². The molecule has 2 heterocycles. The van der Waals surface area contributed by atoms with Gasteiger partial charge in [-0.15, -0.1) is 29.3 Å². The SMILES string of the molecule is CC(C)(C)c1cc(C2=CC=CC3C2N=C(c2cc(C(C)(C)C)cc(C(C)(C)C)c2O)N3c2ccc(C(C)(C)C)cc2-c2ccccc2)[c-]c(-c2cc(-c3ccccc3[Si](C)(C)C)ccn2)c1.[Pt]. The van der Waals surface area contributed by atoms with Crippen LogP contribution in [0.4, 0.5) is 5.69 Å². The van der Waals surface area contributed by atoms with Crippen LogP contribution in [-0.2, 0) is 42.7 Å². The Bertz CT molecular complexity index is 2910. The summed E-state index contributed by atoms with van der Waals surface area (Å²) in [7, 11) is -1.63. The van der Waals surface area contributed by atoms with Gasteiger partial charge in [-0.05, 0) is 73.7 Å². The molecule has 0 bridgehead atoms. The maximum atomic E-state index is 12.6. The molecule has 0 amide bonds. The largest absolute Gasteiger partial charge is 0.507 e. The average molecular weight is 1080 g/mol. The van der Waals surface area contributed by atoms with Gasteiger partial charge in [-0.25, -0.2) is 0 Å². The first-order valence-corrected chi connectivity index (χ1v) is 27.3. The Kier molecular flexibility index (Phi) is 13.4. The standard InChI is InChI=1S/C61H70N3OSi.Pt/c1-58(2,3)43-28-29-52(48(36-43)39-22-17-16-18-23-39)64-53-26-21-25-47(55(53)63-57(64)49-37-45(60(7,8)9)38-50(56(49)65)61(10,11)12)41-32-42(34-44(33-41)59(4,5)6)51-35-40(30-31-62-51)46-24-19-20-27-54(46)66(13,14)15;/h16-31,33-38,53,55,65H,1-15H3;/q-1;. The number of fused-ring (bicyclic) bond motifs is 1. The summed E-state index contributed by atoms with van der Waals surface area (Å²) in [5.74, 6) is 1.05. The molecule has 0 fully saturated rings. The fraction of sp³-hybridized carbons (Fsp3) is 0.344. The summed E-state index contributed by atoms with van der Waals surface area (Å²) < 4.78 is 0. The molecule has 0 saturated carbocycles. The number of anilines is 1. The minimum absolute atomic E-state index is 0. The molecule has 6 aromatic rings. The van der Waals surface area contributed by atoms with Crippen molar-refractivity contribution in [3.05, 3.63) is 173 Å². The summed E-state index contributed by atoms with van der Waals surface area (Å²) in [6.07, 6.45) is 8.67. The monoisotopic (exact) mass is 1080 g/mol. The summed E-state index contributed by atoms with van der Waals surface area (Å²) in [5.41, 5.74) is 14.3. The van der Waals surface area contributed by atoms with Crippen molar-refractivity contribution in [3.63, 3.8) is 0 Å². The van der Waals surface area contributed by atoms with E-state index in [0.29, 0.717) is 0 Å². The van der Waals surface area contributed by atoms with Gasteiger partial charge in [0.25, 0.3) is 0 Å². The molecule has 1 N–H and O–H groups in total. The fourth-order valence-electron chi connectivity index (χ4n) is 9.39. The van der Waals surface area contributed by atoms with E-state index in [9.17, 15) is 5.11 Å². The predicted octanol–water partition coefficient (Wildman–Crippen LogP) is 15.0. The molecule has 0 spiro atoms. The minimum Gasteiger partial charge on any atom is -0.507 e. The van der Waals surface area contributed by atoms with Gasteiger partial charge in [0.1, 0.15) is 11.6 Å². The normalized spacial score (nSPS) is 16.6. The zero-order valence-corrected chi connectivity index (χ0v) is 45.7. The molecule has 67 heavy (non-hydrogen) atoms. The Morgan fingerprint density at radius 2 is 1.21 bits per heavy atom. The molecule has 1 aliphatic heterocycles. The fourth-order valence-corrected chi connectivity index (χ4v) is 11.0. The van der Waals surface area contributed by atoms with E-state index in [1.807, 2.05) is 6.20 Å². The second kappa shape index (κ2) is 18.1. The number of rotatable bonds is 7. The number of amidine groups is 1. The number of pyridine rings is 1. The van der Waals surface area contributed by atoms with Crippen molar-refractivity contribution in [1.82, 2.24) is 4.98 Å². The second-order valence-electron chi connectivity index (χ2n) is 23.7. The Morgan fingerprint density at radius 3 is 1.85 bits per heavy atom. The van der Waals surface area contributed by atoms with Crippen LogP contribution < -0.4 is 10.1 Å². The smallest absolute Gasteiger partial charge is 0.139 e. The summed E-state index contributed by atoms with van der Waals surface area (Å²) >= 11 is 0. The Labute approximate surface area is 417 Å². The molecule has 1 aliphatic carbocycles. The molecule has 0 radical (unpaired) electrons. The van der Waals surface area contributed by atoms with Crippen molar-refractivity contribution in [1.29, 1.82) is 0 Å². The third-order valence-electron chi connectivity index (χ3n) is 13.4. The number of phenolic OH excluding ortho intramolecular Hbond substituents is 1. The van der Waals surface area contributed by atoms with E-state index < -0.39 is 8.07 Å². The number of hydrogen-bond donors (Lipinski definition) is 1. The Hall–Kier alpha value is -5.09. The van der Waals surface area contributed by atoms with Crippen molar-refractivity contribution in [3.8, 4) is 39.3 Å². The topological polar surface area (TPSA) is 48.7 Å². The molecular formula is C61H70N3OPtSi-. The summed E-state index contributed by atoms with van der Waals surface area (Å²) in [6.45, 7) is 34.2. The molecule has 5 aromatic carbocycles. The van der Waals surface area contributed by atoms with E-state index in [-0.39, 0.29) is 60.6 Å². The quantitative estimate of drug-likeness (QED) is 0.128. The molecule has 1 aromatic heterocycles. The van der Waals surface area contributed by atoms with Crippen LogP contribution in [0.3, 0.4) is 0 Å². The van der Waals surface area contributed by atoms with Crippen LogP contribution in [0.2, 0.25) is 19.6 Å². The Balaban J connectivity index is 0.00000666. The average Bonchev–Trinajstić information content (AvgIpc) is 3.64. The first-order chi connectivity index (χ1) is 30.8. The third-order valence-corrected chi connectivity index (χ3v) is 15.4. The Morgan fingerprint density at radius 1 is 0.597 bits per heavy atom. The molecule has 350 valence electrons. The molecule has 4 nitrogen and oxygen atoms in total. The molecule has 6 heteroatoms. The van der Waals surface area contributed by atoms with Crippen LogP contribution >= 0.6 is 0 Å². The number of phenols is 1. The van der Waals surface area contributed by atoms with Crippen LogP contribution in [0.5, 0.6) is 5.75 Å². The molecular weight excluding hydrogens is 1010 g/mol. The summed E-state index contributed by atoms with van der Waals surface area (Å²) in [5, 5.41) is 14.0. The zero-order chi connectivity index (χ0) is 47.7. The van der Waals surface area contributed by atoms with Gasteiger partial charge in [-0.3, -0.25) is 9.98 Å². The summed E-state index contributed by atoms with van der Waals surface area (Å²) in [4.78, 5) is 13.2. The van der Waals surface area contributed by atoms with E-state index >= 15 is 0 Å². The number of hydrogen-bond acceptors (Lipinski definition) is 4. The van der Waals surface area contributed by atoms with Gasteiger partial charge in [0.2, 0.25) is 0 Å². The first kappa shape index (κ1) is 49.8. The number of aromatic nitrogens is 1. The zero-order valence-electron chi connectivity index (χ0n) is 42.5. The van der Waals surface area contributed by atoms with E-state index in [1.165, 1.54) is 27.4 Å².